The number of fused-ring (bicyclic) bond motifs is 1. The molecule has 0 bridgehead atoms. The normalized spacial score (nSPS) is 9.75. The van der Waals surface area contributed by atoms with Gasteiger partial charge in [-0.1, -0.05) is 24.3 Å². The zero-order chi connectivity index (χ0) is 11.0. The molecule has 4 nitrogen and oxygen atoms in total. The van der Waals surface area contributed by atoms with Gasteiger partial charge in [0.15, 0.2) is 0 Å². The first-order valence-electron chi connectivity index (χ1n) is 4.31. The van der Waals surface area contributed by atoms with Crippen LogP contribution in [0.2, 0.25) is 0 Å². The summed E-state index contributed by atoms with van der Waals surface area (Å²) in [5, 5.41) is 22.8. The number of aromatic carboxylic acids is 1. The van der Waals surface area contributed by atoms with Crippen molar-refractivity contribution in [2.75, 3.05) is 5.73 Å². The minimum atomic E-state index is -1.34. The number of benzene rings is 2. The number of carboxylic acids is 1. The van der Waals surface area contributed by atoms with Crippen LogP contribution in [0.3, 0.4) is 0 Å². The van der Waals surface area contributed by atoms with E-state index in [9.17, 15) is 15.0 Å². The fraction of sp³-hybridized carbons (Fsp3) is 0. The van der Waals surface area contributed by atoms with E-state index in [-0.39, 0.29) is 91.3 Å². The Morgan fingerprint density at radius 2 is 1.88 bits per heavy atom. The Morgan fingerprint density at radius 1 is 1.19 bits per heavy atom. The number of rotatable bonds is 1. The van der Waals surface area contributed by atoms with E-state index in [1.54, 1.807) is 18.2 Å². The van der Waals surface area contributed by atoms with Gasteiger partial charge in [-0.25, -0.2) is 0 Å². The Morgan fingerprint density at radius 3 is 2.50 bits per heavy atom. The largest absolute Gasteiger partial charge is 1.00 e. The van der Waals surface area contributed by atoms with Crippen LogP contribution in [0.5, 0.6) is 5.75 Å². The van der Waals surface area contributed by atoms with Crippen LogP contribution in [0, 0.1) is 0 Å². The van der Waals surface area contributed by atoms with Crippen molar-refractivity contribution in [2.45, 2.75) is 0 Å². The van der Waals surface area contributed by atoms with Gasteiger partial charge in [0, 0.05) is 16.6 Å². The van der Waals surface area contributed by atoms with Crippen molar-refractivity contribution < 1.29 is 83.9 Å². The van der Waals surface area contributed by atoms with Crippen molar-refractivity contribution in [2.24, 2.45) is 0 Å². The number of nitrogen functional groups attached to an aromatic ring is 1. The number of carbonyl (C=O) groups is 1. The van der Waals surface area contributed by atoms with Crippen LogP contribution < -0.4 is 84.8 Å². The summed E-state index contributed by atoms with van der Waals surface area (Å²) in [7, 11) is 0. The molecule has 0 fully saturated rings. The van der Waals surface area contributed by atoms with E-state index >= 15 is 0 Å². The number of hydrogen-bond donors (Lipinski definition) is 1. The van der Waals surface area contributed by atoms with Crippen LogP contribution in [-0.2, 0) is 0 Å². The van der Waals surface area contributed by atoms with Gasteiger partial charge in [0.2, 0.25) is 0 Å². The molecule has 16 heavy (non-hydrogen) atoms. The van der Waals surface area contributed by atoms with Crippen LogP contribution in [0.25, 0.3) is 10.8 Å². The topological polar surface area (TPSA) is 89.2 Å². The van der Waals surface area contributed by atoms with E-state index in [4.69, 9.17) is 5.73 Å². The maximum Gasteiger partial charge on any atom is 1.00 e. The molecule has 76 valence electrons. The number of anilines is 1. The molecule has 0 saturated heterocycles. The van der Waals surface area contributed by atoms with Gasteiger partial charge < -0.3 is 20.7 Å². The van der Waals surface area contributed by atoms with E-state index < -0.39 is 5.97 Å². The first-order valence-corrected chi connectivity index (χ1v) is 4.31. The Bertz CT molecular complexity index is 554. The summed E-state index contributed by atoms with van der Waals surface area (Å²) in [6, 6.07) is 7.12. The minimum Gasteiger partial charge on any atom is -0.872 e. The van der Waals surface area contributed by atoms with E-state index in [0.29, 0.717) is 5.39 Å². The first-order chi connectivity index (χ1) is 7.11. The summed E-state index contributed by atoms with van der Waals surface area (Å²) in [5.74, 6) is -1.58. The number of carbonyl (C=O) groups excluding carboxylic acids is 1. The zero-order valence-electron chi connectivity index (χ0n) is 8.69. The van der Waals surface area contributed by atoms with Crippen LogP contribution in [-0.4, -0.2) is 5.97 Å². The number of carboxylic acid groups (broad SMARTS) is 1. The molecule has 0 heterocycles. The van der Waals surface area contributed by atoms with Crippen molar-refractivity contribution in [1.82, 2.24) is 0 Å². The second-order valence-electron chi connectivity index (χ2n) is 3.17. The van der Waals surface area contributed by atoms with E-state index in [1.165, 1.54) is 12.1 Å². The van der Waals surface area contributed by atoms with Gasteiger partial charge in [0.1, 0.15) is 0 Å². The SMILES string of the molecule is Nc1cccc2c([O-])ccc(C(=O)[O-])c12.[Cs+]. The van der Waals surface area contributed by atoms with E-state index in [2.05, 4.69) is 0 Å². The van der Waals surface area contributed by atoms with Crippen molar-refractivity contribution >= 4 is 22.4 Å². The molecule has 0 atom stereocenters. The molecule has 0 aliphatic heterocycles. The fourth-order valence-corrected chi connectivity index (χ4v) is 1.58. The van der Waals surface area contributed by atoms with Gasteiger partial charge in [-0.3, -0.25) is 0 Å². The van der Waals surface area contributed by atoms with Crippen molar-refractivity contribution in [1.29, 1.82) is 0 Å². The molecule has 0 aliphatic carbocycles. The molecule has 2 N–H and O–H groups in total. The van der Waals surface area contributed by atoms with Crippen LogP contribution in [0.4, 0.5) is 5.69 Å². The van der Waals surface area contributed by atoms with Crippen molar-refractivity contribution in [3.63, 3.8) is 0 Å². The Hall–Kier alpha value is -0.178. The molecular formula is C11H7CsNO3-. The van der Waals surface area contributed by atoms with E-state index in [1.807, 2.05) is 0 Å². The van der Waals surface area contributed by atoms with Crippen LogP contribution in [0.1, 0.15) is 10.4 Å². The smallest absolute Gasteiger partial charge is 0.872 e. The predicted molar refractivity (Wildman–Crippen MR) is 52.1 cm³/mol. The second-order valence-corrected chi connectivity index (χ2v) is 3.17. The number of nitrogens with two attached hydrogens (primary N) is 1. The zero-order valence-corrected chi connectivity index (χ0v) is 15.0. The molecule has 0 aliphatic rings. The van der Waals surface area contributed by atoms with Gasteiger partial charge >= 0.3 is 68.9 Å². The molecule has 0 amide bonds. The summed E-state index contributed by atoms with van der Waals surface area (Å²) in [4.78, 5) is 10.8. The van der Waals surface area contributed by atoms with Crippen LogP contribution in [0.15, 0.2) is 30.3 Å². The summed E-state index contributed by atoms with van der Waals surface area (Å²) in [6.45, 7) is 0. The molecule has 0 unspecified atom stereocenters. The Kier molecular flexibility index (Phi) is 4.72. The third-order valence-electron chi connectivity index (χ3n) is 2.25. The van der Waals surface area contributed by atoms with Gasteiger partial charge in [-0.2, -0.15) is 0 Å². The maximum absolute atomic E-state index is 11.4. The van der Waals surface area contributed by atoms with Crippen molar-refractivity contribution in [3.8, 4) is 5.75 Å². The second kappa shape index (κ2) is 5.44. The first kappa shape index (κ1) is 13.9. The summed E-state index contributed by atoms with van der Waals surface area (Å²) >= 11 is 0. The fourth-order valence-electron chi connectivity index (χ4n) is 1.58. The average molecular weight is 334 g/mol. The molecule has 2 aromatic rings. The summed E-state index contributed by atoms with van der Waals surface area (Å²) in [5.41, 5.74) is 5.85. The van der Waals surface area contributed by atoms with Gasteiger partial charge in [0.25, 0.3) is 0 Å². The molecule has 5 heteroatoms. The van der Waals surface area contributed by atoms with Crippen LogP contribution >= 0.6 is 0 Å². The molecular weight excluding hydrogens is 327 g/mol. The molecule has 0 saturated carbocycles. The van der Waals surface area contributed by atoms with Gasteiger partial charge in [0.05, 0.1) is 5.97 Å². The Balaban J connectivity index is 0.00000128. The van der Waals surface area contributed by atoms with Gasteiger partial charge in [-0.05, 0) is 11.5 Å². The monoisotopic (exact) mass is 334 g/mol. The third-order valence-corrected chi connectivity index (χ3v) is 2.25. The summed E-state index contributed by atoms with van der Waals surface area (Å²) < 4.78 is 0. The standard InChI is InChI=1S/C11H9NO3.Cs/c12-8-3-1-2-6-9(13)5-4-7(10(6)8)11(14)15;/h1-5,13H,12H2,(H,14,15);/q;+1/p-2. The predicted octanol–water partition coefficient (Wildman–Crippen LogP) is -3.14. The summed E-state index contributed by atoms with van der Waals surface area (Å²) in [6.07, 6.45) is 0. The molecule has 0 aromatic heterocycles. The minimum absolute atomic E-state index is 0. The molecule has 2 aromatic carbocycles. The Labute approximate surface area is 151 Å². The maximum atomic E-state index is 11.4. The van der Waals surface area contributed by atoms with Crippen molar-refractivity contribution in [3.05, 3.63) is 35.9 Å². The van der Waals surface area contributed by atoms with Gasteiger partial charge in [-0.15, -0.1) is 5.75 Å². The average Bonchev–Trinajstić information content (AvgIpc) is 2.19. The van der Waals surface area contributed by atoms with E-state index in [0.717, 1.165) is 0 Å². The molecule has 0 spiro atoms. The number of hydrogen-bond acceptors (Lipinski definition) is 4. The molecule has 0 radical (unpaired) electrons. The third kappa shape index (κ3) is 2.39. The molecule has 2 rings (SSSR count). The quantitative estimate of drug-likeness (QED) is 0.559.